The molecule has 2 saturated heterocycles. The van der Waals surface area contributed by atoms with Gasteiger partial charge in [0.2, 0.25) is 5.91 Å². The van der Waals surface area contributed by atoms with Crippen molar-refractivity contribution in [3.63, 3.8) is 0 Å². The van der Waals surface area contributed by atoms with Gasteiger partial charge in [0, 0.05) is 45.5 Å². The highest BCUT2D eigenvalue weighted by Crippen LogP contribution is 2.32. The van der Waals surface area contributed by atoms with Crippen molar-refractivity contribution >= 4 is 18.0 Å². The van der Waals surface area contributed by atoms with Crippen LogP contribution in [0.15, 0.2) is 36.2 Å². The number of urea groups is 1. The smallest absolute Gasteiger partial charge is 0.403 e. The number of likely N-dealkylation sites (N-methyl/N-ethyl adjacent to an activating group) is 1. The number of nitrogens with zero attached hydrogens (tertiary/aromatic N) is 3. The van der Waals surface area contributed by atoms with Crippen LogP contribution in [0.3, 0.4) is 0 Å². The minimum atomic E-state index is -4.99. The number of nitrogens with two attached hydrogens (primary N) is 2. The number of benzene rings is 1. The first-order valence-electron chi connectivity index (χ1n) is 11.4. The number of likely N-dealkylation sites (tertiary alicyclic amines) is 2. The first-order valence-corrected chi connectivity index (χ1v) is 11.4. The minimum absolute atomic E-state index is 0.118. The maximum Gasteiger partial charge on any atom is 0.573 e. The van der Waals surface area contributed by atoms with Gasteiger partial charge in [-0.1, -0.05) is 6.07 Å². The maximum absolute atomic E-state index is 13.9. The zero-order chi connectivity index (χ0) is 26.5. The summed E-state index contributed by atoms with van der Waals surface area (Å²) < 4.78 is 54.3. The second-order valence-corrected chi connectivity index (χ2v) is 8.87. The lowest BCUT2D eigenvalue weighted by atomic mass is 9.92. The maximum atomic E-state index is 13.9. The first-order chi connectivity index (χ1) is 17.0. The topological polar surface area (TPSA) is 117 Å². The van der Waals surface area contributed by atoms with Crippen molar-refractivity contribution in [3.05, 3.63) is 47.6 Å². The Labute approximate surface area is 206 Å². The molecule has 2 heterocycles. The zero-order valence-electron chi connectivity index (χ0n) is 19.8. The fourth-order valence-electron chi connectivity index (χ4n) is 4.54. The molecule has 36 heavy (non-hydrogen) atoms. The monoisotopic (exact) mass is 514 g/mol. The number of carbonyl (C=O) groups is 2. The van der Waals surface area contributed by atoms with E-state index in [9.17, 15) is 27.2 Å². The molecule has 1 aromatic rings. The van der Waals surface area contributed by atoms with Gasteiger partial charge in [0.25, 0.3) is 0 Å². The van der Waals surface area contributed by atoms with Crippen LogP contribution in [0.4, 0.5) is 22.4 Å². The number of halogens is 4. The predicted molar refractivity (Wildman–Crippen MR) is 124 cm³/mol. The van der Waals surface area contributed by atoms with Crippen molar-refractivity contribution in [2.45, 2.75) is 19.2 Å². The van der Waals surface area contributed by atoms with E-state index in [0.717, 1.165) is 25.0 Å². The molecule has 0 spiro atoms. The van der Waals surface area contributed by atoms with Crippen LogP contribution < -0.4 is 21.7 Å². The molecule has 1 aromatic carbocycles. The number of hydrogen-bond acceptors (Lipinski definition) is 6. The van der Waals surface area contributed by atoms with E-state index in [4.69, 9.17) is 11.6 Å². The summed E-state index contributed by atoms with van der Waals surface area (Å²) in [5, 5.41) is 0. The summed E-state index contributed by atoms with van der Waals surface area (Å²) in [4.78, 5) is 30.5. The lowest BCUT2D eigenvalue weighted by Crippen LogP contribution is -2.43. The van der Waals surface area contributed by atoms with Crippen LogP contribution in [-0.2, 0) is 4.79 Å². The van der Waals surface area contributed by atoms with Gasteiger partial charge in [0.1, 0.15) is 0 Å². The molecular formula is C23H30F4N6O3. The number of nitrogens with one attached hydrogen (secondary N) is 1. The quantitative estimate of drug-likeness (QED) is 0.232. The number of hydrazine groups is 1. The number of ether oxygens (including phenoxy) is 1. The van der Waals surface area contributed by atoms with E-state index in [1.165, 1.54) is 29.3 Å². The van der Waals surface area contributed by atoms with Crippen molar-refractivity contribution in [2.24, 2.45) is 23.4 Å². The van der Waals surface area contributed by atoms with Crippen LogP contribution in [0.25, 0.3) is 6.08 Å². The van der Waals surface area contributed by atoms with E-state index in [1.54, 1.807) is 16.8 Å². The van der Waals surface area contributed by atoms with Crippen LogP contribution in [0, 0.1) is 17.7 Å². The van der Waals surface area contributed by atoms with E-state index < -0.39 is 17.9 Å². The van der Waals surface area contributed by atoms with E-state index in [2.05, 4.69) is 10.2 Å². The number of rotatable bonds is 6. The minimum Gasteiger partial charge on any atom is -0.403 e. The number of hydrogen-bond donors (Lipinski definition) is 3. The molecule has 198 valence electrons. The first kappa shape index (κ1) is 27.1. The summed E-state index contributed by atoms with van der Waals surface area (Å²) in [5.41, 5.74) is 8.68. The average molecular weight is 515 g/mol. The molecule has 2 atom stereocenters. The second kappa shape index (κ2) is 11.5. The summed E-state index contributed by atoms with van der Waals surface area (Å²) in [5.74, 6) is 3.52. The van der Waals surface area contributed by atoms with E-state index >= 15 is 0 Å². The summed E-state index contributed by atoms with van der Waals surface area (Å²) in [7, 11) is 1.67. The lowest BCUT2D eigenvalue weighted by Gasteiger charge is -2.26. The van der Waals surface area contributed by atoms with Crippen molar-refractivity contribution in [2.75, 3.05) is 39.8 Å². The Bertz CT molecular complexity index is 1000. The van der Waals surface area contributed by atoms with Crippen LogP contribution in [0.5, 0.6) is 5.75 Å². The third kappa shape index (κ3) is 7.03. The molecule has 0 radical (unpaired) electrons. The van der Waals surface area contributed by atoms with Gasteiger partial charge >= 0.3 is 12.4 Å². The van der Waals surface area contributed by atoms with Gasteiger partial charge in [0.15, 0.2) is 11.6 Å². The Morgan fingerprint density at radius 1 is 1.19 bits per heavy atom. The molecule has 5 N–H and O–H groups in total. The van der Waals surface area contributed by atoms with Gasteiger partial charge < -0.3 is 30.6 Å². The van der Waals surface area contributed by atoms with Gasteiger partial charge in [-0.05, 0) is 48.4 Å². The summed E-state index contributed by atoms with van der Waals surface area (Å²) >= 11 is 0. The summed E-state index contributed by atoms with van der Waals surface area (Å²) in [6, 6.07) is 2.85. The Balaban J connectivity index is 1.52. The zero-order valence-corrected chi connectivity index (χ0v) is 19.8. The highest BCUT2D eigenvalue weighted by atomic mass is 19.4. The largest absolute Gasteiger partial charge is 0.573 e. The Hall–Kier alpha value is -3.48. The molecule has 2 aliphatic heterocycles. The van der Waals surface area contributed by atoms with Crippen molar-refractivity contribution < 1.29 is 31.9 Å². The van der Waals surface area contributed by atoms with Crippen LogP contribution >= 0.6 is 0 Å². The molecule has 9 nitrogen and oxygen atoms in total. The predicted octanol–water partition coefficient (Wildman–Crippen LogP) is 2.22. The molecule has 2 fully saturated rings. The number of alkyl halides is 3. The Morgan fingerprint density at radius 2 is 1.83 bits per heavy atom. The van der Waals surface area contributed by atoms with Gasteiger partial charge in [-0.2, -0.15) is 0 Å². The molecule has 13 heteroatoms. The van der Waals surface area contributed by atoms with Crippen LogP contribution in [0.2, 0.25) is 0 Å². The van der Waals surface area contributed by atoms with Crippen molar-refractivity contribution in [1.29, 1.82) is 0 Å². The van der Waals surface area contributed by atoms with Crippen LogP contribution in [-0.4, -0.2) is 72.8 Å². The average Bonchev–Trinajstić information content (AvgIpc) is 3.13. The fraction of sp³-hybridized carbons (Fsp3) is 0.478. The number of carbonyl (C=O) groups excluding carboxylic acids is 2. The normalized spacial score (nSPS) is 20.8. The molecule has 2 aliphatic rings. The number of amides is 3. The Morgan fingerprint density at radius 3 is 2.36 bits per heavy atom. The fourth-order valence-corrected chi connectivity index (χ4v) is 4.54. The summed E-state index contributed by atoms with van der Waals surface area (Å²) in [6.45, 7) is 2.45. The van der Waals surface area contributed by atoms with Gasteiger partial charge in [-0.25, -0.2) is 9.18 Å². The SMILES string of the molecule is CN(C/C(=C/N)NN)C(=O)N1CC2CCN(C(=O)/C=C/c3ccc(OC(F)(F)F)c(F)c3)CCC2C1. The molecule has 0 saturated carbocycles. The molecule has 0 aromatic heterocycles. The third-order valence-corrected chi connectivity index (χ3v) is 6.42. The second-order valence-electron chi connectivity index (χ2n) is 8.87. The lowest BCUT2D eigenvalue weighted by molar-refractivity contribution is -0.275. The van der Waals surface area contributed by atoms with Gasteiger partial charge in [-0.15, -0.1) is 13.2 Å². The molecule has 0 bridgehead atoms. The number of fused-ring (bicyclic) bond motifs is 1. The van der Waals surface area contributed by atoms with E-state index in [0.29, 0.717) is 31.9 Å². The highest BCUT2D eigenvalue weighted by Gasteiger charge is 2.38. The summed E-state index contributed by atoms with van der Waals surface area (Å²) in [6.07, 6.45) is 0.407. The standard InChI is InChI=1S/C23H30F4N6O3/c1-31(14-18(11-28)30-29)22(35)33-12-16-6-8-32(9-7-17(16)13-33)21(34)5-3-15-2-4-20(19(24)10-15)36-23(25,26)27/h2-5,10-11,16-17,30H,6-9,12-14,28-29H2,1H3/b5-3+,18-11-. The molecule has 2 unspecified atom stereocenters. The highest BCUT2D eigenvalue weighted by molar-refractivity contribution is 5.91. The van der Waals surface area contributed by atoms with Gasteiger partial charge in [0.05, 0.1) is 12.2 Å². The van der Waals surface area contributed by atoms with Crippen molar-refractivity contribution in [3.8, 4) is 5.75 Å². The third-order valence-electron chi connectivity index (χ3n) is 6.42. The molecular weight excluding hydrogens is 484 g/mol. The van der Waals surface area contributed by atoms with E-state index in [-0.39, 0.29) is 35.9 Å². The molecule has 3 amide bonds. The van der Waals surface area contributed by atoms with Crippen LogP contribution in [0.1, 0.15) is 18.4 Å². The molecule has 0 aliphatic carbocycles. The van der Waals surface area contributed by atoms with Crippen molar-refractivity contribution in [1.82, 2.24) is 20.1 Å². The molecule has 3 rings (SSSR count). The Kier molecular flexibility index (Phi) is 8.66. The van der Waals surface area contributed by atoms with E-state index in [1.807, 2.05) is 0 Å². The van der Waals surface area contributed by atoms with Gasteiger partial charge in [-0.3, -0.25) is 10.6 Å².